The molecule has 4 rings (SSSR count). The molecule has 0 saturated carbocycles. The van der Waals surface area contributed by atoms with Crippen molar-refractivity contribution in [1.29, 1.82) is 0 Å². The Hall–Kier alpha value is -2.77. The van der Waals surface area contributed by atoms with E-state index >= 15 is 0 Å². The van der Waals surface area contributed by atoms with E-state index in [2.05, 4.69) is 25.6 Å². The van der Waals surface area contributed by atoms with Crippen molar-refractivity contribution in [3.8, 4) is 0 Å². The third-order valence-electron chi connectivity index (χ3n) is 4.37. The third kappa shape index (κ3) is 2.86. The van der Waals surface area contributed by atoms with E-state index in [9.17, 15) is 4.79 Å². The Kier molecular flexibility index (Phi) is 3.94. The Bertz CT molecular complexity index is 880. The minimum atomic E-state index is 0.00654. The monoisotopic (exact) mass is 326 g/mol. The quantitative estimate of drug-likeness (QED) is 0.761. The average Bonchev–Trinajstić information content (AvgIpc) is 3.25. The first-order valence-corrected chi connectivity index (χ1v) is 8.19. The second kappa shape index (κ2) is 6.38. The fourth-order valence-corrected chi connectivity index (χ4v) is 3.14. The molecule has 0 bridgehead atoms. The highest BCUT2D eigenvalue weighted by Crippen LogP contribution is 2.33. The van der Waals surface area contributed by atoms with Crippen LogP contribution in [0.4, 0.5) is 0 Å². The molecule has 0 aliphatic heterocycles. The van der Waals surface area contributed by atoms with Gasteiger partial charge in [0.15, 0.2) is 5.82 Å². The lowest BCUT2D eigenvalue weighted by Gasteiger charge is -2.15. The molecule has 3 aromatic rings. The number of aromatic nitrogens is 6. The molecule has 1 aliphatic rings. The summed E-state index contributed by atoms with van der Waals surface area (Å²) in [7, 11) is 0. The van der Waals surface area contributed by atoms with Crippen molar-refractivity contribution < 1.29 is 4.52 Å². The lowest BCUT2D eigenvalue weighted by Crippen LogP contribution is -2.18. The predicted molar refractivity (Wildman–Crippen MR) is 84.5 cm³/mol. The molecule has 1 N–H and O–H groups in total. The van der Waals surface area contributed by atoms with Crippen molar-refractivity contribution >= 4 is 0 Å². The summed E-state index contributed by atoms with van der Waals surface area (Å²) in [6.07, 6.45) is 6.17. The van der Waals surface area contributed by atoms with E-state index in [4.69, 9.17) is 4.52 Å². The topological polar surface area (TPSA) is 102 Å². The smallest absolute Gasteiger partial charge is 0.250 e. The normalized spacial score (nSPS) is 16.9. The number of rotatable bonds is 5. The number of nitrogens with one attached hydrogen (secondary N) is 1. The highest BCUT2D eigenvalue weighted by atomic mass is 16.5. The van der Waals surface area contributed by atoms with Crippen molar-refractivity contribution in [2.75, 3.05) is 0 Å². The maximum absolute atomic E-state index is 11.7. The molecule has 0 radical (unpaired) electrons. The van der Waals surface area contributed by atoms with Gasteiger partial charge in [0.2, 0.25) is 11.4 Å². The highest BCUT2D eigenvalue weighted by Gasteiger charge is 2.29. The molecule has 0 spiro atoms. The number of aryl methyl sites for hydroxylation is 3. The summed E-state index contributed by atoms with van der Waals surface area (Å²) in [5.41, 5.74) is 1.92. The summed E-state index contributed by atoms with van der Waals surface area (Å²) in [4.78, 5) is 16.2. The molecule has 0 aromatic carbocycles. The van der Waals surface area contributed by atoms with Crippen LogP contribution < -0.4 is 5.56 Å². The maximum atomic E-state index is 11.7. The maximum Gasteiger partial charge on any atom is 0.250 e. The van der Waals surface area contributed by atoms with Crippen molar-refractivity contribution in [2.24, 2.45) is 0 Å². The Morgan fingerprint density at radius 3 is 3.21 bits per heavy atom. The first-order valence-electron chi connectivity index (χ1n) is 8.19. The first kappa shape index (κ1) is 14.8. The number of H-pyrrole nitrogens is 1. The van der Waals surface area contributed by atoms with Crippen LogP contribution in [0.2, 0.25) is 0 Å². The molecule has 1 aliphatic carbocycles. The van der Waals surface area contributed by atoms with E-state index in [0.717, 1.165) is 37.1 Å². The minimum absolute atomic E-state index is 0.00654. The van der Waals surface area contributed by atoms with Crippen molar-refractivity contribution in [3.05, 3.63) is 57.9 Å². The molecule has 0 fully saturated rings. The molecule has 0 amide bonds. The van der Waals surface area contributed by atoms with Gasteiger partial charge in [-0.05, 0) is 31.7 Å². The van der Waals surface area contributed by atoms with Crippen molar-refractivity contribution in [1.82, 2.24) is 30.1 Å². The van der Waals surface area contributed by atoms with E-state index in [1.807, 2.05) is 6.07 Å². The molecule has 24 heavy (non-hydrogen) atoms. The molecule has 3 aromatic heterocycles. The van der Waals surface area contributed by atoms with E-state index in [1.165, 1.54) is 0 Å². The lowest BCUT2D eigenvalue weighted by molar-refractivity contribution is 0.347. The first-order chi connectivity index (χ1) is 11.8. The SMILES string of the molecule is O=c1ccccn1CCCc1noc(C2CCCc3n[nH]nc32)n1. The second-order valence-corrected chi connectivity index (χ2v) is 5.99. The molecular weight excluding hydrogens is 308 g/mol. The Morgan fingerprint density at radius 1 is 1.33 bits per heavy atom. The van der Waals surface area contributed by atoms with Gasteiger partial charge in [0.25, 0.3) is 0 Å². The van der Waals surface area contributed by atoms with E-state index in [1.54, 1.807) is 22.9 Å². The number of fused-ring (bicyclic) bond motifs is 1. The zero-order chi connectivity index (χ0) is 16.4. The molecule has 124 valence electrons. The van der Waals surface area contributed by atoms with Crippen LogP contribution in [0, 0.1) is 0 Å². The Morgan fingerprint density at radius 2 is 2.29 bits per heavy atom. The average molecular weight is 326 g/mol. The van der Waals surface area contributed by atoms with Gasteiger partial charge in [-0.3, -0.25) is 4.79 Å². The Labute approximate surface area is 137 Å². The van der Waals surface area contributed by atoms with Gasteiger partial charge in [-0.15, -0.1) is 0 Å². The fourth-order valence-electron chi connectivity index (χ4n) is 3.14. The van der Waals surface area contributed by atoms with Crippen molar-refractivity contribution in [3.63, 3.8) is 0 Å². The van der Waals surface area contributed by atoms with Crippen molar-refractivity contribution in [2.45, 2.75) is 44.6 Å². The zero-order valence-electron chi connectivity index (χ0n) is 13.2. The van der Waals surface area contributed by atoms with Crippen LogP contribution in [-0.2, 0) is 19.4 Å². The molecule has 8 heteroatoms. The second-order valence-electron chi connectivity index (χ2n) is 5.99. The molecule has 0 saturated heterocycles. The molecule has 3 heterocycles. The molecule has 1 atom stereocenters. The summed E-state index contributed by atoms with van der Waals surface area (Å²) < 4.78 is 7.13. The molecule has 8 nitrogen and oxygen atoms in total. The van der Waals surface area contributed by atoms with Gasteiger partial charge in [-0.2, -0.15) is 20.4 Å². The molecular formula is C16H18N6O2. The lowest BCUT2D eigenvalue weighted by atomic mass is 9.90. The largest absolute Gasteiger partial charge is 0.339 e. The van der Waals surface area contributed by atoms with E-state index < -0.39 is 0 Å². The summed E-state index contributed by atoms with van der Waals surface area (Å²) in [6, 6.07) is 5.16. The van der Waals surface area contributed by atoms with Gasteiger partial charge in [0, 0.05) is 25.2 Å². The van der Waals surface area contributed by atoms with Crippen LogP contribution >= 0.6 is 0 Å². The number of pyridine rings is 1. The summed E-state index contributed by atoms with van der Waals surface area (Å²) in [6.45, 7) is 0.639. The minimum Gasteiger partial charge on any atom is -0.339 e. The molecule has 1 unspecified atom stereocenters. The van der Waals surface area contributed by atoms with Gasteiger partial charge in [-0.1, -0.05) is 11.2 Å². The van der Waals surface area contributed by atoms with Crippen LogP contribution in [-0.4, -0.2) is 30.1 Å². The van der Waals surface area contributed by atoms with Gasteiger partial charge < -0.3 is 9.09 Å². The summed E-state index contributed by atoms with van der Waals surface area (Å²) in [5.74, 6) is 1.31. The van der Waals surface area contributed by atoms with Crippen LogP contribution in [0.5, 0.6) is 0 Å². The zero-order valence-corrected chi connectivity index (χ0v) is 13.2. The third-order valence-corrected chi connectivity index (χ3v) is 4.37. The summed E-state index contributed by atoms with van der Waals surface area (Å²) >= 11 is 0. The van der Waals surface area contributed by atoms with E-state index in [-0.39, 0.29) is 11.5 Å². The van der Waals surface area contributed by atoms with Gasteiger partial charge in [0.1, 0.15) is 0 Å². The predicted octanol–water partition coefficient (Wildman–Crippen LogP) is 1.45. The van der Waals surface area contributed by atoms with Crippen LogP contribution in [0.15, 0.2) is 33.7 Å². The van der Waals surface area contributed by atoms with Gasteiger partial charge >= 0.3 is 0 Å². The number of aromatic amines is 1. The Balaban J connectivity index is 1.41. The van der Waals surface area contributed by atoms with Crippen LogP contribution in [0.25, 0.3) is 0 Å². The number of hydrogen-bond donors (Lipinski definition) is 1. The van der Waals surface area contributed by atoms with Gasteiger partial charge in [-0.25, -0.2) is 0 Å². The number of hydrogen-bond acceptors (Lipinski definition) is 6. The standard InChI is InChI=1S/C16H18N6O2/c23-14-8-1-2-9-22(14)10-4-7-13-17-16(24-20-13)11-5-3-6-12-15(11)19-21-18-12/h1-2,8-9,11H,3-7,10H2,(H,18,19,21). The van der Waals surface area contributed by atoms with E-state index in [0.29, 0.717) is 24.7 Å². The fraction of sp³-hybridized carbons (Fsp3) is 0.438. The number of nitrogens with zero attached hydrogens (tertiary/aromatic N) is 5. The highest BCUT2D eigenvalue weighted by molar-refractivity contribution is 5.23. The summed E-state index contributed by atoms with van der Waals surface area (Å²) in [5, 5.41) is 15.2. The van der Waals surface area contributed by atoms with Crippen LogP contribution in [0.3, 0.4) is 0 Å². The van der Waals surface area contributed by atoms with Crippen LogP contribution in [0.1, 0.15) is 48.3 Å². The van der Waals surface area contributed by atoms with Gasteiger partial charge in [0.05, 0.1) is 17.3 Å².